The van der Waals surface area contributed by atoms with E-state index in [0.717, 1.165) is 16.6 Å². The summed E-state index contributed by atoms with van der Waals surface area (Å²) in [7, 11) is 0. The minimum absolute atomic E-state index is 0.0562. The van der Waals surface area contributed by atoms with Crippen LogP contribution in [0, 0.1) is 6.92 Å². The highest BCUT2D eigenvalue weighted by atomic mass is 16.5. The first-order valence-corrected chi connectivity index (χ1v) is 8.37. The second-order valence-corrected chi connectivity index (χ2v) is 6.28. The molecule has 1 unspecified atom stereocenters. The van der Waals surface area contributed by atoms with Crippen LogP contribution in [-0.2, 0) is 16.1 Å². The van der Waals surface area contributed by atoms with Gasteiger partial charge in [0.1, 0.15) is 11.6 Å². The number of hydrogen-bond acceptors (Lipinski definition) is 4. The number of aryl methyl sites for hydroxylation is 1. The van der Waals surface area contributed by atoms with Crippen LogP contribution in [0.1, 0.15) is 17.8 Å². The molecule has 3 N–H and O–H groups in total. The van der Waals surface area contributed by atoms with E-state index in [9.17, 15) is 9.59 Å². The zero-order valence-corrected chi connectivity index (χ0v) is 14.2. The summed E-state index contributed by atoms with van der Waals surface area (Å²) in [5, 5.41) is 5.55. The van der Waals surface area contributed by atoms with Gasteiger partial charge in [0.2, 0.25) is 5.91 Å². The summed E-state index contributed by atoms with van der Waals surface area (Å²) in [6.07, 6.45) is -0.903. The van der Waals surface area contributed by atoms with Gasteiger partial charge in [-0.15, -0.1) is 0 Å². The standard InChI is InChI=1S/C19H18N4O3/c1-11-6-7-15-14(8-11)23-19(25)16(26-15)9-18(24)20-10-17-21-12-4-2-3-5-13(12)22-17/h2-8,16H,9-10H2,1H3,(H,20,24)(H,21,22)(H,23,25). The van der Waals surface area contributed by atoms with Gasteiger partial charge in [-0.3, -0.25) is 9.59 Å². The fraction of sp³-hybridized carbons (Fsp3) is 0.211. The number of anilines is 1. The number of H-pyrrole nitrogens is 1. The number of aromatic nitrogens is 2. The number of nitrogens with zero attached hydrogens (tertiary/aromatic N) is 1. The normalized spacial score (nSPS) is 15.9. The van der Waals surface area contributed by atoms with Crippen molar-refractivity contribution in [3.05, 3.63) is 53.9 Å². The zero-order chi connectivity index (χ0) is 18.1. The number of rotatable bonds is 4. The molecule has 0 fully saturated rings. The van der Waals surface area contributed by atoms with E-state index in [1.165, 1.54) is 0 Å². The third-order valence-corrected chi connectivity index (χ3v) is 4.22. The predicted octanol–water partition coefficient (Wildman–Crippen LogP) is 2.28. The summed E-state index contributed by atoms with van der Waals surface area (Å²) < 4.78 is 5.67. The third-order valence-electron chi connectivity index (χ3n) is 4.22. The van der Waals surface area contributed by atoms with Gasteiger partial charge in [-0.1, -0.05) is 18.2 Å². The second-order valence-electron chi connectivity index (χ2n) is 6.28. The minimum Gasteiger partial charge on any atom is -0.478 e. The molecule has 0 bridgehead atoms. The summed E-state index contributed by atoms with van der Waals surface area (Å²) >= 11 is 0. The van der Waals surface area contributed by atoms with Gasteiger partial charge < -0.3 is 20.4 Å². The largest absolute Gasteiger partial charge is 0.478 e. The lowest BCUT2D eigenvalue weighted by Gasteiger charge is -2.25. The SMILES string of the molecule is Cc1ccc2c(c1)NC(=O)C(CC(=O)NCc1nc3ccccc3[nH]1)O2. The van der Waals surface area contributed by atoms with Crippen LogP contribution in [0.3, 0.4) is 0 Å². The highest BCUT2D eigenvalue weighted by molar-refractivity contribution is 6.00. The van der Waals surface area contributed by atoms with E-state index in [-0.39, 0.29) is 24.8 Å². The molecule has 0 saturated heterocycles. The number of imidazole rings is 1. The van der Waals surface area contributed by atoms with Gasteiger partial charge in [-0.25, -0.2) is 4.98 Å². The topological polar surface area (TPSA) is 96.1 Å². The summed E-state index contributed by atoms with van der Waals surface area (Å²) in [6, 6.07) is 13.2. The van der Waals surface area contributed by atoms with Crippen LogP contribution in [0.25, 0.3) is 11.0 Å². The molecule has 2 heterocycles. The maximum absolute atomic E-state index is 12.2. The number of ether oxygens (including phenoxy) is 1. The average molecular weight is 350 g/mol. The van der Waals surface area contributed by atoms with Crippen LogP contribution in [-0.4, -0.2) is 27.9 Å². The molecule has 1 aromatic heterocycles. The second kappa shape index (κ2) is 6.51. The molecule has 7 nitrogen and oxygen atoms in total. The number of carbonyl (C=O) groups is 2. The van der Waals surface area contributed by atoms with Crippen LogP contribution in [0.4, 0.5) is 5.69 Å². The lowest BCUT2D eigenvalue weighted by atomic mass is 10.1. The number of amides is 2. The number of carbonyl (C=O) groups excluding carboxylic acids is 2. The fourth-order valence-electron chi connectivity index (χ4n) is 2.91. The van der Waals surface area contributed by atoms with Crippen LogP contribution in [0.5, 0.6) is 5.75 Å². The number of para-hydroxylation sites is 2. The van der Waals surface area contributed by atoms with Crippen LogP contribution < -0.4 is 15.4 Å². The smallest absolute Gasteiger partial charge is 0.266 e. The maximum Gasteiger partial charge on any atom is 0.266 e. The molecule has 0 aliphatic carbocycles. The Morgan fingerprint density at radius 3 is 2.96 bits per heavy atom. The molecular weight excluding hydrogens is 332 g/mol. The molecule has 0 radical (unpaired) electrons. The minimum atomic E-state index is -0.846. The Labute approximate surface area is 149 Å². The molecule has 2 aromatic carbocycles. The number of nitrogens with one attached hydrogen (secondary N) is 3. The van der Waals surface area contributed by atoms with E-state index in [1.807, 2.05) is 43.3 Å². The van der Waals surface area contributed by atoms with Gasteiger partial charge in [-0.05, 0) is 36.8 Å². The number of aromatic amines is 1. The van der Waals surface area contributed by atoms with E-state index in [0.29, 0.717) is 17.3 Å². The lowest BCUT2D eigenvalue weighted by molar-refractivity contribution is -0.130. The summed E-state index contributed by atoms with van der Waals surface area (Å²) in [5.74, 6) is 0.642. The summed E-state index contributed by atoms with van der Waals surface area (Å²) in [4.78, 5) is 31.9. The Morgan fingerprint density at radius 1 is 1.27 bits per heavy atom. The van der Waals surface area contributed by atoms with Gasteiger partial charge >= 0.3 is 0 Å². The molecule has 7 heteroatoms. The van der Waals surface area contributed by atoms with E-state index in [2.05, 4.69) is 20.6 Å². The first-order chi connectivity index (χ1) is 12.6. The zero-order valence-electron chi connectivity index (χ0n) is 14.2. The van der Waals surface area contributed by atoms with E-state index in [4.69, 9.17) is 4.74 Å². The number of fused-ring (bicyclic) bond motifs is 2. The highest BCUT2D eigenvalue weighted by Gasteiger charge is 2.29. The third kappa shape index (κ3) is 3.23. The molecule has 1 atom stereocenters. The molecule has 0 spiro atoms. The summed E-state index contributed by atoms with van der Waals surface area (Å²) in [6.45, 7) is 2.20. The van der Waals surface area contributed by atoms with Gasteiger partial charge in [0, 0.05) is 0 Å². The Balaban J connectivity index is 1.37. The number of benzene rings is 2. The molecular formula is C19H18N4O3. The van der Waals surface area contributed by atoms with E-state index in [1.54, 1.807) is 6.07 Å². The molecule has 26 heavy (non-hydrogen) atoms. The van der Waals surface area contributed by atoms with Gasteiger partial charge in [0.05, 0.1) is 29.7 Å². The van der Waals surface area contributed by atoms with Crippen molar-refractivity contribution in [2.75, 3.05) is 5.32 Å². The first kappa shape index (κ1) is 16.1. The van der Waals surface area contributed by atoms with Crippen molar-refractivity contribution in [1.29, 1.82) is 0 Å². The predicted molar refractivity (Wildman–Crippen MR) is 96.8 cm³/mol. The van der Waals surface area contributed by atoms with Crippen LogP contribution in [0.15, 0.2) is 42.5 Å². The van der Waals surface area contributed by atoms with Crippen molar-refractivity contribution in [2.24, 2.45) is 0 Å². The van der Waals surface area contributed by atoms with Crippen molar-refractivity contribution in [1.82, 2.24) is 15.3 Å². The van der Waals surface area contributed by atoms with Crippen molar-refractivity contribution >= 4 is 28.5 Å². The lowest BCUT2D eigenvalue weighted by Crippen LogP contribution is -2.41. The molecule has 3 aromatic rings. The van der Waals surface area contributed by atoms with Crippen molar-refractivity contribution in [3.8, 4) is 5.75 Å². The van der Waals surface area contributed by atoms with Gasteiger partial charge in [0.15, 0.2) is 6.10 Å². The van der Waals surface area contributed by atoms with Crippen molar-refractivity contribution in [2.45, 2.75) is 26.0 Å². The molecule has 132 valence electrons. The summed E-state index contributed by atoms with van der Waals surface area (Å²) in [5.41, 5.74) is 3.42. The van der Waals surface area contributed by atoms with Gasteiger partial charge in [-0.2, -0.15) is 0 Å². The highest BCUT2D eigenvalue weighted by Crippen LogP contribution is 2.30. The van der Waals surface area contributed by atoms with Crippen molar-refractivity contribution < 1.29 is 14.3 Å². The van der Waals surface area contributed by atoms with Crippen LogP contribution >= 0.6 is 0 Å². The quantitative estimate of drug-likeness (QED) is 0.672. The van der Waals surface area contributed by atoms with E-state index >= 15 is 0 Å². The first-order valence-electron chi connectivity index (χ1n) is 8.37. The Kier molecular flexibility index (Phi) is 4.04. The molecule has 4 rings (SSSR count). The molecule has 1 aliphatic heterocycles. The molecule has 2 amide bonds. The molecule has 1 aliphatic rings. The van der Waals surface area contributed by atoms with Crippen LogP contribution in [0.2, 0.25) is 0 Å². The van der Waals surface area contributed by atoms with E-state index < -0.39 is 6.10 Å². The average Bonchev–Trinajstić information content (AvgIpc) is 3.04. The fourth-order valence-corrected chi connectivity index (χ4v) is 2.91. The molecule has 0 saturated carbocycles. The Bertz CT molecular complexity index is 962. The Morgan fingerprint density at radius 2 is 2.12 bits per heavy atom. The monoisotopic (exact) mass is 350 g/mol. The van der Waals surface area contributed by atoms with Gasteiger partial charge in [0.25, 0.3) is 5.91 Å². The maximum atomic E-state index is 12.2. The number of hydrogen-bond donors (Lipinski definition) is 3. The Hall–Kier alpha value is -3.35. The van der Waals surface area contributed by atoms with Crippen molar-refractivity contribution in [3.63, 3.8) is 0 Å².